The quantitative estimate of drug-likeness (QED) is 0.109. The fourth-order valence-corrected chi connectivity index (χ4v) is 4.48. The zero-order valence-corrected chi connectivity index (χ0v) is 25.0. The van der Waals surface area contributed by atoms with Crippen LogP contribution in [0, 0.1) is 11.3 Å². The van der Waals surface area contributed by atoms with Gasteiger partial charge in [0.1, 0.15) is 18.5 Å². The van der Waals surface area contributed by atoms with Crippen molar-refractivity contribution in [2.45, 2.75) is 26.5 Å². The maximum Gasteiger partial charge on any atom is 0.339 e. The Kier molecular flexibility index (Phi) is 10.4. The van der Waals surface area contributed by atoms with Crippen molar-refractivity contribution >= 4 is 35.3 Å². The van der Waals surface area contributed by atoms with Gasteiger partial charge in [-0.15, -0.1) is 0 Å². The average molecular weight is 608 g/mol. The number of esters is 2. The molecule has 230 valence electrons. The summed E-state index contributed by atoms with van der Waals surface area (Å²) >= 11 is 0. The molecule has 1 heterocycles. The first kappa shape index (κ1) is 32.1. The van der Waals surface area contributed by atoms with Gasteiger partial charge in [-0.2, -0.15) is 0 Å². The Balaban J connectivity index is 1.71. The van der Waals surface area contributed by atoms with Crippen LogP contribution in [0.3, 0.4) is 0 Å². The number of nitrogens with zero attached hydrogens (tertiary/aromatic N) is 1. The first-order chi connectivity index (χ1) is 21.6. The Morgan fingerprint density at radius 1 is 0.867 bits per heavy atom. The molecule has 0 saturated carbocycles. The number of amidine groups is 1. The predicted molar refractivity (Wildman–Crippen MR) is 169 cm³/mol. The first-order valence-electron chi connectivity index (χ1n) is 14.0. The van der Waals surface area contributed by atoms with Gasteiger partial charge in [0.2, 0.25) is 0 Å². The van der Waals surface area contributed by atoms with Crippen LogP contribution in [0.25, 0.3) is 11.1 Å². The summed E-state index contributed by atoms with van der Waals surface area (Å²) in [5, 5.41) is 13.0. The molecular formula is C34H33N5O6. The van der Waals surface area contributed by atoms with Gasteiger partial charge in [-0.05, 0) is 59.5 Å². The smallest absolute Gasteiger partial charge is 0.339 e. The summed E-state index contributed by atoms with van der Waals surface area (Å²) in [6.45, 7) is 3.51. The summed E-state index contributed by atoms with van der Waals surface area (Å²) in [5.74, 6) is -2.76. The van der Waals surface area contributed by atoms with Gasteiger partial charge in [0, 0.05) is 34.8 Å². The third-order valence-electron chi connectivity index (χ3n) is 6.93. The molecule has 0 aliphatic carbocycles. The number of nitrogens with one attached hydrogen (secondary N) is 3. The summed E-state index contributed by atoms with van der Waals surface area (Å²) in [6, 6.07) is 20.6. The number of carbonyl (C=O) groups is 4. The Hall–Kier alpha value is -5.84. The molecule has 0 fully saturated rings. The number of nitrogens with two attached hydrogens (primary N) is 1. The molecule has 1 aromatic heterocycles. The molecule has 0 saturated heterocycles. The third kappa shape index (κ3) is 7.96. The third-order valence-corrected chi connectivity index (χ3v) is 6.93. The molecule has 4 aromatic rings. The molecule has 2 amide bonds. The SMILES string of the molecule is COC(=O)C(NC(=O)c1ccc(-c2cnccc2C(=O)Nc2ccc(C(=N)N)cc2)c(C(=O)OCc2ccccc2)c1)C(C)C. The van der Waals surface area contributed by atoms with E-state index < -0.39 is 29.8 Å². The predicted octanol–water partition coefficient (Wildman–Crippen LogP) is 4.57. The van der Waals surface area contributed by atoms with Gasteiger partial charge in [0.05, 0.1) is 18.2 Å². The molecule has 45 heavy (non-hydrogen) atoms. The number of carbonyl (C=O) groups excluding carboxylic acids is 4. The van der Waals surface area contributed by atoms with Gasteiger partial charge in [0.15, 0.2) is 0 Å². The van der Waals surface area contributed by atoms with Crippen LogP contribution in [0.5, 0.6) is 0 Å². The maximum absolute atomic E-state index is 13.6. The molecule has 1 unspecified atom stereocenters. The van der Waals surface area contributed by atoms with Gasteiger partial charge in [-0.25, -0.2) is 9.59 Å². The van der Waals surface area contributed by atoms with E-state index in [0.29, 0.717) is 22.4 Å². The van der Waals surface area contributed by atoms with Crippen molar-refractivity contribution in [2.75, 3.05) is 12.4 Å². The van der Waals surface area contributed by atoms with Gasteiger partial charge in [-0.3, -0.25) is 20.0 Å². The number of anilines is 1. The number of pyridine rings is 1. The molecule has 1 atom stereocenters. The van der Waals surface area contributed by atoms with Crippen LogP contribution in [0.15, 0.2) is 91.3 Å². The molecule has 0 radical (unpaired) electrons. The molecule has 4 rings (SSSR count). The number of rotatable bonds is 11. The van der Waals surface area contributed by atoms with Gasteiger partial charge < -0.3 is 25.8 Å². The number of amides is 2. The highest BCUT2D eigenvalue weighted by atomic mass is 16.5. The molecule has 0 aliphatic rings. The maximum atomic E-state index is 13.6. The Morgan fingerprint density at radius 2 is 1.56 bits per heavy atom. The average Bonchev–Trinajstić information content (AvgIpc) is 3.05. The minimum absolute atomic E-state index is 0.0191. The van der Waals surface area contributed by atoms with Crippen molar-refractivity contribution in [1.82, 2.24) is 10.3 Å². The molecule has 5 N–H and O–H groups in total. The van der Waals surface area contributed by atoms with E-state index in [1.165, 1.54) is 43.8 Å². The molecule has 0 spiro atoms. The second-order valence-corrected chi connectivity index (χ2v) is 10.4. The van der Waals surface area contributed by atoms with E-state index in [0.717, 1.165) is 5.56 Å². The normalized spacial score (nSPS) is 11.3. The number of hydrogen-bond acceptors (Lipinski definition) is 8. The van der Waals surface area contributed by atoms with E-state index in [1.807, 2.05) is 30.3 Å². The zero-order valence-electron chi connectivity index (χ0n) is 25.0. The van der Waals surface area contributed by atoms with Crippen LogP contribution in [-0.2, 0) is 20.9 Å². The Morgan fingerprint density at radius 3 is 2.20 bits per heavy atom. The molecule has 11 nitrogen and oxygen atoms in total. The summed E-state index contributed by atoms with van der Waals surface area (Å²) in [5.41, 5.74) is 8.21. The van der Waals surface area contributed by atoms with Crippen molar-refractivity contribution < 1.29 is 28.7 Å². The highest BCUT2D eigenvalue weighted by Crippen LogP contribution is 2.29. The lowest BCUT2D eigenvalue weighted by Crippen LogP contribution is -2.45. The van der Waals surface area contributed by atoms with E-state index in [4.69, 9.17) is 20.6 Å². The van der Waals surface area contributed by atoms with E-state index in [1.54, 1.807) is 38.1 Å². The van der Waals surface area contributed by atoms with E-state index >= 15 is 0 Å². The van der Waals surface area contributed by atoms with Crippen LogP contribution >= 0.6 is 0 Å². The van der Waals surface area contributed by atoms with Crippen molar-refractivity contribution in [3.05, 3.63) is 119 Å². The molecular weight excluding hydrogens is 574 g/mol. The van der Waals surface area contributed by atoms with Gasteiger partial charge in [0.25, 0.3) is 11.8 Å². The first-order valence-corrected chi connectivity index (χ1v) is 14.0. The van der Waals surface area contributed by atoms with Crippen LogP contribution in [0.2, 0.25) is 0 Å². The van der Waals surface area contributed by atoms with E-state index in [9.17, 15) is 19.2 Å². The second-order valence-electron chi connectivity index (χ2n) is 10.4. The van der Waals surface area contributed by atoms with Crippen LogP contribution in [-0.4, -0.2) is 47.7 Å². The second kappa shape index (κ2) is 14.6. The minimum atomic E-state index is -0.909. The van der Waals surface area contributed by atoms with E-state index in [2.05, 4.69) is 15.6 Å². The number of aromatic nitrogens is 1. The van der Waals surface area contributed by atoms with Crippen molar-refractivity contribution in [2.24, 2.45) is 11.7 Å². The topological polar surface area (TPSA) is 174 Å². The lowest BCUT2D eigenvalue weighted by Gasteiger charge is -2.20. The molecule has 0 bridgehead atoms. The van der Waals surface area contributed by atoms with Crippen LogP contribution in [0.1, 0.15) is 56.0 Å². The monoisotopic (exact) mass is 607 g/mol. The number of hydrogen-bond donors (Lipinski definition) is 4. The summed E-state index contributed by atoms with van der Waals surface area (Å²) in [7, 11) is 1.24. The van der Waals surface area contributed by atoms with Crippen molar-refractivity contribution in [1.29, 1.82) is 5.41 Å². The van der Waals surface area contributed by atoms with Crippen LogP contribution in [0.4, 0.5) is 5.69 Å². The largest absolute Gasteiger partial charge is 0.467 e. The van der Waals surface area contributed by atoms with Crippen molar-refractivity contribution in [3.8, 4) is 11.1 Å². The van der Waals surface area contributed by atoms with E-state index in [-0.39, 0.29) is 35.1 Å². The highest BCUT2D eigenvalue weighted by Gasteiger charge is 2.27. The van der Waals surface area contributed by atoms with Crippen molar-refractivity contribution in [3.63, 3.8) is 0 Å². The fourth-order valence-electron chi connectivity index (χ4n) is 4.48. The lowest BCUT2D eigenvalue weighted by molar-refractivity contribution is -0.144. The fraction of sp³-hybridized carbons (Fsp3) is 0.176. The molecule has 3 aromatic carbocycles. The minimum Gasteiger partial charge on any atom is -0.467 e. The Bertz CT molecular complexity index is 1720. The Labute approximate surface area is 260 Å². The zero-order chi connectivity index (χ0) is 32.5. The van der Waals surface area contributed by atoms with Gasteiger partial charge in [-0.1, -0.05) is 50.2 Å². The summed E-state index contributed by atoms with van der Waals surface area (Å²) < 4.78 is 10.4. The molecule has 0 aliphatic heterocycles. The standard InChI is InChI=1S/C34H33N5O6/c1-20(2)29(34(43)44-3)39-31(40)23-11-14-25(27(17-23)33(42)45-19-21-7-5-4-6-8-21)28-18-37-16-15-26(28)32(41)38-24-12-9-22(10-13-24)30(35)36/h4-18,20,29H,19H2,1-3H3,(H3,35,36)(H,38,41)(H,39,40). The lowest BCUT2D eigenvalue weighted by atomic mass is 9.94. The highest BCUT2D eigenvalue weighted by molar-refractivity contribution is 6.11. The van der Waals surface area contributed by atoms with Crippen LogP contribution < -0.4 is 16.4 Å². The number of benzene rings is 3. The molecule has 11 heteroatoms. The van der Waals surface area contributed by atoms with Gasteiger partial charge >= 0.3 is 11.9 Å². The summed E-state index contributed by atoms with van der Waals surface area (Å²) in [6.07, 6.45) is 2.90. The number of nitrogen functional groups attached to an aromatic ring is 1. The number of methoxy groups -OCH3 is 1. The summed E-state index contributed by atoms with van der Waals surface area (Å²) in [4.78, 5) is 56.7. The number of ether oxygens (including phenoxy) is 2.